The number of rotatable bonds is 7. The SMILES string of the molecule is Cl.O=C(CCCN1CN(c2ccc(N3CCNCC3)nc2)C(=O)N1)c1ccc(Cl)cc1. The number of benzene rings is 1. The number of halogens is 2. The lowest BCUT2D eigenvalue weighted by atomic mass is 10.1. The molecule has 2 aromatic rings. The Hall–Kier alpha value is -2.39. The van der Waals surface area contributed by atoms with E-state index >= 15 is 0 Å². The van der Waals surface area contributed by atoms with Gasteiger partial charge < -0.3 is 10.2 Å². The first-order valence-electron chi connectivity index (χ1n) is 10.1. The molecule has 2 aliphatic heterocycles. The Kier molecular flexibility index (Phi) is 8.09. The molecule has 0 atom stereocenters. The van der Waals surface area contributed by atoms with E-state index in [2.05, 4.69) is 20.6 Å². The summed E-state index contributed by atoms with van der Waals surface area (Å²) >= 11 is 5.86. The molecule has 0 saturated carbocycles. The summed E-state index contributed by atoms with van der Waals surface area (Å²) in [6.45, 7) is 4.77. The molecule has 0 spiro atoms. The number of urea groups is 1. The standard InChI is InChI=1S/C21H25ClN6O2.ClH/c22-17-5-3-16(4-6-17)19(29)2-1-11-27-15-28(21(30)25-27)18-7-8-20(24-14-18)26-12-9-23-10-13-26;/h3-8,14,23H,1-2,9-13,15H2,(H,25,30);1H. The van der Waals surface area contributed by atoms with Crippen molar-refractivity contribution < 1.29 is 9.59 Å². The van der Waals surface area contributed by atoms with Crippen molar-refractivity contribution in [2.75, 3.05) is 49.2 Å². The highest BCUT2D eigenvalue weighted by atomic mass is 35.5. The fraction of sp³-hybridized carbons (Fsp3) is 0.381. The molecule has 1 aromatic carbocycles. The molecule has 2 fully saturated rings. The summed E-state index contributed by atoms with van der Waals surface area (Å²) in [5, 5.41) is 5.76. The second kappa shape index (κ2) is 10.8. The van der Waals surface area contributed by atoms with Crippen LogP contribution in [0.15, 0.2) is 42.6 Å². The van der Waals surface area contributed by atoms with Gasteiger partial charge >= 0.3 is 6.03 Å². The molecule has 4 rings (SSSR count). The maximum Gasteiger partial charge on any atom is 0.337 e. The first-order chi connectivity index (χ1) is 14.6. The number of carbonyl (C=O) groups is 2. The van der Waals surface area contributed by atoms with Crippen LogP contribution in [0.4, 0.5) is 16.3 Å². The predicted octanol–water partition coefficient (Wildman–Crippen LogP) is 2.93. The van der Waals surface area contributed by atoms with Gasteiger partial charge in [-0.05, 0) is 42.8 Å². The summed E-state index contributed by atoms with van der Waals surface area (Å²) in [5.74, 6) is 0.999. The first kappa shape index (κ1) is 23.3. The number of ketones is 1. The zero-order chi connectivity index (χ0) is 20.9. The van der Waals surface area contributed by atoms with Crippen molar-refractivity contribution in [3.8, 4) is 0 Å². The van der Waals surface area contributed by atoms with Gasteiger partial charge in [-0.2, -0.15) is 5.01 Å². The number of carbonyl (C=O) groups excluding carboxylic acids is 2. The van der Waals surface area contributed by atoms with Crippen molar-refractivity contribution >= 4 is 47.3 Å². The molecule has 2 saturated heterocycles. The van der Waals surface area contributed by atoms with E-state index in [4.69, 9.17) is 11.6 Å². The maximum atomic E-state index is 12.4. The van der Waals surface area contributed by atoms with Gasteiger partial charge in [0, 0.05) is 49.7 Å². The van der Waals surface area contributed by atoms with E-state index < -0.39 is 0 Å². The predicted molar refractivity (Wildman–Crippen MR) is 124 cm³/mol. The lowest BCUT2D eigenvalue weighted by Gasteiger charge is -2.28. The van der Waals surface area contributed by atoms with Gasteiger partial charge in [0.15, 0.2) is 5.78 Å². The number of nitrogens with one attached hydrogen (secondary N) is 2. The second-order valence-corrected chi connectivity index (χ2v) is 7.83. The molecule has 2 amide bonds. The summed E-state index contributed by atoms with van der Waals surface area (Å²) in [6, 6.07) is 10.6. The van der Waals surface area contributed by atoms with Gasteiger partial charge in [-0.25, -0.2) is 9.78 Å². The molecular weight excluding hydrogens is 439 g/mol. The Balaban J connectivity index is 0.00000272. The molecular formula is C21H26Cl2N6O2. The quantitative estimate of drug-likeness (QED) is 0.613. The minimum absolute atomic E-state index is 0. The van der Waals surface area contributed by atoms with Crippen LogP contribution in [-0.2, 0) is 0 Å². The van der Waals surface area contributed by atoms with Crippen molar-refractivity contribution in [1.82, 2.24) is 20.7 Å². The van der Waals surface area contributed by atoms with Crippen LogP contribution in [0, 0.1) is 0 Å². The molecule has 8 nitrogen and oxygen atoms in total. The van der Waals surface area contributed by atoms with E-state index in [0.29, 0.717) is 36.6 Å². The molecule has 1 aromatic heterocycles. The van der Waals surface area contributed by atoms with E-state index in [-0.39, 0.29) is 24.2 Å². The Morgan fingerprint density at radius 1 is 1.10 bits per heavy atom. The molecule has 0 radical (unpaired) electrons. The van der Waals surface area contributed by atoms with Gasteiger partial charge in [0.25, 0.3) is 0 Å². The van der Waals surface area contributed by atoms with Crippen molar-refractivity contribution in [1.29, 1.82) is 0 Å². The Labute approximate surface area is 192 Å². The zero-order valence-electron chi connectivity index (χ0n) is 17.1. The van der Waals surface area contributed by atoms with Gasteiger partial charge in [0.05, 0.1) is 18.6 Å². The largest absolute Gasteiger partial charge is 0.354 e. The summed E-state index contributed by atoms with van der Waals surface area (Å²) in [4.78, 5) is 33.1. The Morgan fingerprint density at radius 3 is 2.52 bits per heavy atom. The van der Waals surface area contributed by atoms with E-state index in [1.54, 1.807) is 35.4 Å². The van der Waals surface area contributed by atoms with Crippen LogP contribution in [0.3, 0.4) is 0 Å². The van der Waals surface area contributed by atoms with Crippen LogP contribution in [0.2, 0.25) is 5.02 Å². The smallest absolute Gasteiger partial charge is 0.337 e. The number of piperazine rings is 1. The molecule has 0 unspecified atom stereocenters. The monoisotopic (exact) mass is 464 g/mol. The average molecular weight is 465 g/mol. The third-order valence-corrected chi connectivity index (χ3v) is 5.55. The second-order valence-electron chi connectivity index (χ2n) is 7.40. The molecule has 2 aliphatic rings. The third kappa shape index (κ3) is 5.86. The molecule has 3 heterocycles. The van der Waals surface area contributed by atoms with Crippen molar-refractivity contribution in [3.63, 3.8) is 0 Å². The number of Topliss-reactive ketones (excluding diaryl/α,β-unsaturated/α-hetero) is 1. The van der Waals surface area contributed by atoms with Gasteiger partial charge in [0.2, 0.25) is 0 Å². The normalized spacial score (nSPS) is 16.7. The third-order valence-electron chi connectivity index (χ3n) is 5.29. The highest BCUT2D eigenvalue weighted by molar-refractivity contribution is 6.30. The number of aromatic nitrogens is 1. The number of hydrogen-bond acceptors (Lipinski definition) is 6. The molecule has 166 valence electrons. The molecule has 10 heteroatoms. The van der Waals surface area contributed by atoms with Crippen molar-refractivity contribution in [2.45, 2.75) is 12.8 Å². The molecule has 0 bridgehead atoms. The molecule has 2 N–H and O–H groups in total. The number of nitrogens with zero attached hydrogens (tertiary/aromatic N) is 4. The van der Waals surface area contributed by atoms with Gasteiger partial charge in [0.1, 0.15) is 5.82 Å². The minimum Gasteiger partial charge on any atom is -0.354 e. The minimum atomic E-state index is -0.184. The van der Waals surface area contributed by atoms with Crippen LogP contribution >= 0.6 is 24.0 Å². The number of hydrogen-bond donors (Lipinski definition) is 2. The van der Waals surface area contributed by atoms with Crippen LogP contribution in [0.25, 0.3) is 0 Å². The van der Waals surface area contributed by atoms with Crippen molar-refractivity contribution in [3.05, 3.63) is 53.2 Å². The van der Waals surface area contributed by atoms with E-state index in [1.807, 2.05) is 17.1 Å². The summed E-state index contributed by atoms with van der Waals surface area (Å²) in [7, 11) is 0. The highest BCUT2D eigenvalue weighted by Crippen LogP contribution is 2.21. The fourth-order valence-electron chi connectivity index (χ4n) is 3.62. The van der Waals surface area contributed by atoms with E-state index in [9.17, 15) is 9.59 Å². The number of amides is 2. The maximum absolute atomic E-state index is 12.4. The summed E-state index contributed by atoms with van der Waals surface area (Å²) in [5.41, 5.74) is 4.26. The molecule has 0 aliphatic carbocycles. The van der Waals surface area contributed by atoms with Crippen LogP contribution in [0.5, 0.6) is 0 Å². The zero-order valence-corrected chi connectivity index (χ0v) is 18.7. The average Bonchev–Trinajstić information content (AvgIpc) is 3.15. The van der Waals surface area contributed by atoms with Gasteiger partial charge in [-0.15, -0.1) is 12.4 Å². The number of hydrazine groups is 1. The van der Waals surface area contributed by atoms with Crippen LogP contribution in [-0.4, -0.2) is 61.2 Å². The highest BCUT2D eigenvalue weighted by Gasteiger charge is 2.28. The topological polar surface area (TPSA) is 80.8 Å². The first-order valence-corrected chi connectivity index (χ1v) is 10.5. The molecule has 31 heavy (non-hydrogen) atoms. The lowest BCUT2D eigenvalue weighted by Crippen LogP contribution is -2.43. The Morgan fingerprint density at radius 2 is 1.84 bits per heavy atom. The summed E-state index contributed by atoms with van der Waals surface area (Å²) in [6.07, 6.45) is 2.80. The van der Waals surface area contributed by atoms with Gasteiger partial charge in [-0.3, -0.25) is 15.1 Å². The van der Waals surface area contributed by atoms with Gasteiger partial charge in [-0.1, -0.05) is 11.6 Å². The summed E-state index contributed by atoms with van der Waals surface area (Å²) < 4.78 is 0. The number of anilines is 2. The Bertz CT molecular complexity index is 888. The van der Waals surface area contributed by atoms with Crippen molar-refractivity contribution in [2.24, 2.45) is 0 Å². The van der Waals surface area contributed by atoms with E-state index in [1.165, 1.54) is 0 Å². The van der Waals surface area contributed by atoms with E-state index in [0.717, 1.165) is 37.7 Å². The fourth-order valence-corrected chi connectivity index (χ4v) is 3.75. The van der Waals surface area contributed by atoms with Crippen LogP contribution < -0.4 is 20.5 Å². The lowest BCUT2D eigenvalue weighted by molar-refractivity contribution is 0.0974. The number of pyridine rings is 1. The van der Waals surface area contributed by atoms with Crippen LogP contribution in [0.1, 0.15) is 23.2 Å².